The monoisotopic (exact) mass is 190 g/mol. The van der Waals surface area contributed by atoms with Gasteiger partial charge in [-0.2, -0.15) is 0 Å². The zero-order valence-corrected chi connectivity index (χ0v) is 8.25. The van der Waals surface area contributed by atoms with Gasteiger partial charge in [-0.25, -0.2) is 4.98 Å². The Morgan fingerprint density at radius 1 is 1.50 bits per heavy atom. The molecule has 1 rings (SSSR count). The minimum Gasteiger partial charge on any atom is -0.392 e. The highest BCUT2D eigenvalue weighted by Crippen LogP contribution is 1.98. The van der Waals surface area contributed by atoms with Crippen molar-refractivity contribution in [3.63, 3.8) is 0 Å². The van der Waals surface area contributed by atoms with E-state index in [-0.39, 0.29) is 6.61 Å². The molecule has 0 saturated carbocycles. The van der Waals surface area contributed by atoms with Crippen molar-refractivity contribution in [2.75, 3.05) is 13.6 Å². The quantitative estimate of drug-likeness (QED) is 0.540. The van der Waals surface area contributed by atoms with Gasteiger partial charge in [0.1, 0.15) is 5.69 Å². The molecule has 0 spiro atoms. The van der Waals surface area contributed by atoms with E-state index in [0.29, 0.717) is 0 Å². The van der Waals surface area contributed by atoms with Gasteiger partial charge in [-0.3, -0.25) is 0 Å². The average Bonchev–Trinajstić information content (AvgIpc) is 2.25. The molecule has 1 heterocycles. The standard InChI is InChI=1S/C11H14N2O/c1-12-7-3-2-4-11-6-5-10(9-14)8-13-11/h5-6,8,12,14H,3,7,9H2,1H3. The van der Waals surface area contributed by atoms with Gasteiger partial charge in [-0.05, 0) is 24.6 Å². The summed E-state index contributed by atoms with van der Waals surface area (Å²) in [5.74, 6) is 5.95. The molecule has 0 aliphatic carbocycles. The van der Waals surface area contributed by atoms with E-state index in [4.69, 9.17) is 5.11 Å². The molecule has 1 aromatic heterocycles. The number of aliphatic hydroxyl groups is 1. The molecule has 0 aliphatic heterocycles. The Bertz CT molecular complexity index is 321. The summed E-state index contributed by atoms with van der Waals surface area (Å²) in [5.41, 5.74) is 1.56. The molecule has 0 atom stereocenters. The van der Waals surface area contributed by atoms with Crippen LogP contribution in [0.1, 0.15) is 17.7 Å². The lowest BCUT2D eigenvalue weighted by Gasteiger charge is -1.93. The second-order valence-electron chi connectivity index (χ2n) is 2.87. The lowest BCUT2D eigenvalue weighted by molar-refractivity contribution is 0.281. The normalized spacial score (nSPS) is 9.29. The van der Waals surface area contributed by atoms with E-state index in [1.807, 2.05) is 19.2 Å². The number of nitrogens with one attached hydrogen (secondary N) is 1. The van der Waals surface area contributed by atoms with Crippen molar-refractivity contribution >= 4 is 0 Å². The molecular formula is C11H14N2O. The summed E-state index contributed by atoms with van der Waals surface area (Å²) in [6, 6.07) is 3.65. The van der Waals surface area contributed by atoms with Crippen molar-refractivity contribution < 1.29 is 5.11 Å². The predicted molar refractivity (Wildman–Crippen MR) is 55.6 cm³/mol. The van der Waals surface area contributed by atoms with E-state index in [1.54, 1.807) is 6.20 Å². The molecule has 0 amide bonds. The van der Waals surface area contributed by atoms with Crippen LogP contribution in [0, 0.1) is 11.8 Å². The summed E-state index contributed by atoms with van der Waals surface area (Å²) >= 11 is 0. The van der Waals surface area contributed by atoms with Crippen LogP contribution in [-0.4, -0.2) is 23.7 Å². The Hall–Kier alpha value is -1.37. The summed E-state index contributed by atoms with van der Waals surface area (Å²) in [6.07, 6.45) is 2.46. The Kier molecular flexibility index (Phi) is 4.70. The zero-order chi connectivity index (χ0) is 10.2. The fraction of sp³-hybridized carbons (Fsp3) is 0.364. The number of aliphatic hydroxyl groups excluding tert-OH is 1. The van der Waals surface area contributed by atoms with Gasteiger partial charge in [0.2, 0.25) is 0 Å². The summed E-state index contributed by atoms with van der Waals surface area (Å²) < 4.78 is 0. The molecule has 14 heavy (non-hydrogen) atoms. The SMILES string of the molecule is CNCCC#Cc1ccc(CO)cn1. The van der Waals surface area contributed by atoms with Gasteiger partial charge in [-0.15, -0.1) is 0 Å². The molecule has 0 radical (unpaired) electrons. The summed E-state index contributed by atoms with van der Waals surface area (Å²) in [5, 5.41) is 11.8. The maximum absolute atomic E-state index is 8.79. The second kappa shape index (κ2) is 6.14. The van der Waals surface area contributed by atoms with Crippen LogP contribution in [0.25, 0.3) is 0 Å². The third kappa shape index (κ3) is 3.56. The fourth-order valence-electron chi connectivity index (χ4n) is 0.933. The molecule has 0 fully saturated rings. The minimum absolute atomic E-state index is 0.0282. The third-order valence-corrected chi connectivity index (χ3v) is 1.72. The Morgan fingerprint density at radius 2 is 2.36 bits per heavy atom. The summed E-state index contributed by atoms with van der Waals surface area (Å²) in [6.45, 7) is 0.919. The number of aromatic nitrogens is 1. The maximum atomic E-state index is 8.79. The molecule has 3 nitrogen and oxygen atoms in total. The number of nitrogens with zero attached hydrogens (tertiary/aromatic N) is 1. The van der Waals surface area contributed by atoms with Gasteiger partial charge in [-0.1, -0.05) is 12.0 Å². The Morgan fingerprint density at radius 3 is 2.93 bits per heavy atom. The zero-order valence-electron chi connectivity index (χ0n) is 8.25. The smallest absolute Gasteiger partial charge is 0.113 e. The number of hydrogen-bond donors (Lipinski definition) is 2. The molecule has 2 N–H and O–H groups in total. The molecule has 74 valence electrons. The van der Waals surface area contributed by atoms with E-state index < -0.39 is 0 Å². The number of rotatable bonds is 3. The van der Waals surface area contributed by atoms with Crippen molar-refractivity contribution in [3.05, 3.63) is 29.6 Å². The van der Waals surface area contributed by atoms with E-state index in [2.05, 4.69) is 22.1 Å². The first-order valence-corrected chi connectivity index (χ1v) is 4.56. The van der Waals surface area contributed by atoms with Crippen LogP contribution in [0.4, 0.5) is 0 Å². The molecule has 0 bridgehead atoms. The Labute approximate surface area is 84.2 Å². The van der Waals surface area contributed by atoms with Crippen LogP contribution in [0.2, 0.25) is 0 Å². The first-order valence-electron chi connectivity index (χ1n) is 4.56. The van der Waals surface area contributed by atoms with E-state index in [9.17, 15) is 0 Å². The number of hydrogen-bond acceptors (Lipinski definition) is 3. The van der Waals surface area contributed by atoms with Crippen molar-refractivity contribution in [1.82, 2.24) is 10.3 Å². The minimum atomic E-state index is 0.0282. The van der Waals surface area contributed by atoms with Crippen LogP contribution < -0.4 is 5.32 Å². The molecular weight excluding hydrogens is 176 g/mol. The first kappa shape index (κ1) is 10.7. The summed E-state index contributed by atoms with van der Waals surface area (Å²) in [7, 11) is 1.90. The van der Waals surface area contributed by atoms with Gasteiger partial charge in [0.05, 0.1) is 6.61 Å². The molecule has 0 unspecified atom stereocenters. The van der Waals surface area contributed by atoms with Crippen LogP contribution in [-0.2, 0) is 6.61 Å². The van der Waals surface area contributed by atoms with Crippen molar-refractivity contribution in [3.8, 4) is 11.8 Å². The van der Waals surface area contributed by atoms with Gasteiger partial charge < -0.3 is 10.4 Å². The largest absolute Gasteiger partial charge is 0.392 e. The van der Waals surface area contributed by atoms with Crippen molar-refractivity contribution in [1.29, 1.82) is 0 Å². The van der Waals surface area contributed by atoms with Crippen LogP contribution in [0.15, 0.2) is 18.3 Å². The Balaban J connectivity index is 2.53. The molecule has 0 aliphatic rings. The topological polar surface area (TPSA) is 45.1 Å². The van der Waals surface area contributed by atoms with Gasteiger partial charge in [0, 0.05) is 19.2 Å². The molecule has 1 aromatic rings. The second-order valence-corrected chi connectivity index (χ2v) is 2.87. The van der Waals surface area contributed by atoms with Gasteiger partial charge in [0.15, 0.2) is 0 Å². The summed E-state index contributed by atoms with van der Waals surface area (Å²) in [4.78, 5) is 4.09. The lowest BCUT2D eigenvalue weighted by atomic mass is 10.2. The average molecular weight is 190 g/mol. The predicted octanol–water partition coefficient (Wildman–Crippen LogP) is 0.535. The van der Waals surface area contributed by atoms with Crippen molar-refractivity contribution in [2.45, 2.75) is 13.0 Å². The van der Waals surface area contributed by atoms with E-state index in [0.717, 1.165) is 24.2 Å². The maximum Gasteiger partial charge on any atom is 0.113 e. The molecule has 3 heteroatoms. The van der Waals surface area contributed by atoms with Gasteiger partial charge in [0.25, 0.3) is 0 Å². The molecule has 0 aromatic carbocycles. The highest BCUT2D eigenvalue weighted by molar-refractivity contribution is 5.28. The number of pyridine rings is 1. The first-order chi connectivity index (χ1) is 6.86. The highest BCUT2D eigenvalue weighted by Gasteiger charge is 1.90. The van der Waals surface area contributed by atoms with Crippen LogP contribution in [0.3, 0.4) is 0 Å². The van der Waals surface area contributed by atoms with Gasteiger partial charge >= 0.3 is 0 Å². The fourth-order valence-corrected chi connectivity index (χ4v) is 0.933. The van der Waals surface area contributed by atoms with Crippen molar-refractivity contribution in [2.24, 2.45) is 0 Å². The molecule has 0 saturated heterocycles. The lowest BCUT2D eigenvalue weighted by Crippen LogP contribution is -2.05. The van der Waals surface area contributed by atoms with Crippen LogP contribution >= 0.6 is 0 Å². The third-order valence-electron chi connectivity index (χ3n) is 1.72. The van der Waals surface area contributed by atoms with E-state index >= 15 is 0 Å². The highest BCUT2D eigenvalue weighted by atomic mass is 16.3. The van der Waals surface area contributed by atoms with E-state index in [1.165, 1.54) is 0 Å². The van der Waals surface area contributed by atoms with Crippen LogP contribution in [0.5, 0.6) is 0 Å².